The number of nitrogens with zero attached hydrogens (tertiary/aromatic N) is 4. The molecule has 3 rings (SSSR count). The number of urea groups is 1. The molecule has 0 saturated carbocycles. The highest BCUT2D eigenvalue weighted by atomic mass is 16.5. The molecule has 2 fully saturated rings. The summed E-state index contributed by atoms with van der Waals surface area (Å²) in [7, 11) is 1.58. The highest BCUT2D eigenvalue weighted by Gasteiger charge is 2.42. The van der Waals surface area contributed by atoms with Crippen LogP contribution < -0.4 is 10.1 Å². The number of hydrogen-bond acceptors (Lipinski definition) is 5. The van der Waals surface area contributed by atoms with Gasteiger partial charge in [0.25, 0.3) is 0 Å². The minimum Gasteiger partial charge on any atom is -0.492 e. The van der Waals surface area contributed by atoms with Gasteiger partial charge >= 0.3 is 6.03 Å². The van der Waals surface area contributed by atoms with E-state index in [2.05, 4.69) is 5.32 Å². The van der Waals surface area contributed by atoms with Crippen molar-refractivity contribution in [2.45, 2.75) is 13.0 Å². The van der Waals surface area contributed by atoms with Crippen LogP contribution in [0, 0.1) is 11.3 Å². The molecule has 0 spiro atoms. The number of anilines is 1. The van der Waals surface area contributed by atoms with Gasteiger partial charge in [-0.15, -0.1) is 0 Å². The molecule has 2 heterocycles. The maximum Gasteiger partial charge on any atom is 0.321 e. The van der Waals surface area contributed by atoms with Crippen molar-refractivity contribution in [3.63, 3.8) is 0 Å². The molecule has 2 aliphatic rings. The minimum absolute atomic E-state index is 0.0741. The van der Waals surface area contributed by atoms with Gasteiger partial charge in [0.2, 0.25) is 11.8 Å². The SMILES string of the molecule is CCOc1ccc(NC(=O)N2CCN3C(=O)CN(C)C(=O)[C@H]3C2)cc1C#N. The van der Waals surface area contributed by atoms with Gasteiger partial charge in [0, 0.05) is 25.8 Å². The third-order valence-corrected chi connectivity index (χ3v) is 4.67. The van der Waals surface area contributed by atoms with E-state index in [9.17, 15) is 19.6 Å². The van der Waals surface area contributed by atoms with Crippen molar-refractivity contribution in [2.75, 3.05) is 45.2 Å². The van der Waals surface area contributed by atoms with E-state index in [0.29, 0.717) is 36.7 Å². The van der Waals surface area contributed by atoms with Crippen LogP contribution in [0.25, 0.3) is 0 Å². The summed E-state index contributed by atoms with van der Waals surface area (Å²) in [6, 6.07) is 5.85. The fourth-order valence-electron chi connectivity index (χ4n) is 3.28. The second kappa shape index (κ2) is 7.53. The second-order valence-corrected chi connectivity index (χ2v) is 6.43. The first-order chi connectivity index (χ1) is 12.9. The largest absolute Gasteiger partial charge is 0.492 e. The fraction of sp³-hybridized carbons (Fsp3) is 0.444. The van der Waals surface area contributed by atoms with E-state index in [0.717, 1.165) is 0 Å². The van der Waals surface area contributed by atoms with Crippen molar-refractivity contribution >= 4 is 23.5 Å². The van der Waals surface area contributed by atoms with Gasteiger partial charge in [-0.1, -0.05) is 0 Å². The molecule has 0 aromatic heterocycles. The van der Waals surface area contributed by atoms with Crippen LogP contribution in [0.3, 0.4) is 0 Å². The molecule has 27 heavy (non-hydrogen) atoms. The van der Waals surface area contributed by atoms with E-state index in [1.165, 1.54) is 14.7 Å². The van der Waals surface area contributed by atoms with Gasteiger partial charge in [-0.3, -0.25) is 9.59 Å². The van der Waals surface area contributed by atoms with Gasteiger partial charge in [-0.2, -0.15) is 5.26 Å². The van der Waals surface area contributed by atoms with Crippen LogP contribution in [0.5, 0.6) is 5.75 Å². The van der Waals surface area contributed by atoms with E-state index >= 15 is 0 Å². The molecule has 0 unspecified atom stereocenters. The molecule has 1 aromatic rings. The van der Waals surface area contributed by atoms with Gasteiger partial charge in [-0.25, -0.2) is 4.79 Å². The van der Waals surface area contributed by atoms with Gasteiger partial charge in [0.15, 0.2) is 0 Å². The maximum absolute atomic E-state index is 12.6. The quantitative estimate of drug-likeness (QED) is 0.832. The summed E-state index contributed by atoms with van der Waals surface area (Å²) < 4.78 is 5.37. The first kappa shape index (κ1) is 18.5. The standard InChI is InChI=1S/C18H21N5O4/c1-3-27-15-5-4-13(8-12(15)9-19)20-18(26)22-6-7-23-14(10-22)17(25)21(2)11-16(23)24/h4-5,8,14H,3,6-7,10-11H2,1-2H3,(H,20,26)/t14-/m1/s1. The molecule has 9 heteroatoms. The average molecular weight is 371 g/mol. The number of rotatable bonds is 3. The van der Waals surface area contributed by atoms with E-state index in [-0.39, 0.29) is 30.9 Å². The molecule has 4 amide bonds. The van der Waals surface area contributed by atoms with Gasteiger partial charge in [-0.05, 0) is 25.1 Å². The van der Waals surface area contributed by atoms with Gasteiger partial charge in [0.05, 0.1) is 25.3 Å². The third kappa shape index (κ3) is 3.65. The van der Waals surface area contributed by atoms with Crippen LogP contribution in [-0.2, 0) is 9.59 Å². The molecule has 1 atom stereocenters. The first-order valence-electron chi connectivity index (χ1n) is 8.72. The Hall–Kier alpha value is -3.28. The van der Waals surface area contributed by atoms with Crippen molar-refractivity contribution in [1.82, 2.24) is 14.7 Å². The number of carbonyl (C=O) groups excluding carboxylic acids is 3. The predicted molar refractivity (Wildman–Crippen MR) is 96.1 cm³/mol. The van der Waals surface area contributed by atoms with E-state index in [1.807, 2.05) is 13.0 Å². The highest BCUT2D eigenvalue weighted by Crippen LogP contribution is 2.23. The van der Waals surface area contributed by atoms with Gasteiger partial charge in [0.1, 0.15) is 17.9 Å². The number of benzene rings is 1. The van der Waals surface area contributed by atoms with Crippen LogP contribution in [0.2, 0.25) is 0 Å². The summed E-state index contributed by atoms with van der Waals surface area (Å²) in [6.45, 7) is 3.14. The predicted octanol–water partition coefficient (Wildman–Crippen LogP) is 0.474. The fourth-order valence-corrected chi connectivity index (χ4v) is 3.28. The maximum atomic E-state index is 12.6. The summed E-state index contributed by atoms with van der Waals surface area (Å²) in [5.41, 5.74) is 0.791. The van der Waals surface area contributed by atoms with Crippen LogP contribution in [-0.4, -0.2) is 78.4 Å². The summed E-state index contributed by atoms with van der Waals surface area (Å²) >= 11 is 0. The number of hydrogen-bond donors (Lipinski definition) is 1. The summed E-state index contributed by atoms with van der Waals surface area (Å²) in [5, 5.41) is 12.0. The molecule has 1 aromatic carbocycles. The first-order valence-corrected chi connectivity index (χ1v) is 8.72. The van der Waals surface area contributed by atoms with E-state index < -0.39 is 6.04 Å². The number of likely N-dealkylation sites (N-methyl/N-ethyl adjacent to an activating group) is 1. The van der Waals surface area contributed by atoms with Gasteiger partial charge < -0.3 is 24.8 Å². The Bertz CT molecular complexity index is 818. The normalized spacial score (nSPS) is 19.4. The molecule has 0 bridgehead atoms. The number of piperazine rings is 2. The Balaban J connectivity index is 1.69. The lowest BCUT2D eigenvalue weighted by atomic mass is 10.1. The Morgan fingerprint density at radius 1 is 1.37 bits per heavy atom. The topological polar surface area (TPSA) is 106 Å². The molecule has 0 radical (unpaired) electrons. The van der Waals surface area contributed by atoms with Crippen molar-refractivity contribution in [2.24, 2.45) is 0 Å². The zero-order valence-electron chi connectivity index (χ0n) is 15.3. The number of amides is 4. The summed E-state index contributed by atoms with van der Waals surface area (Å²) in [4.78, 5) is 41.4. The molecule has 2 saturated heterocycles. The average Bonchev–Trinajstić information content (AvgIpc) is 2.67. The summed E-state index contributed by atoms with van der Waals surface area (Å²) in [6.07, 6.45) is 0. The van der Waals surface area contributed by atoms with Crippen LogP contribution >= 0.6 is 0 Å². The summed E-state index contributed by atoms with van der Waals surface area (Å²) in [5.74, 6) is 0.188. The Kier molecular flexibility index (Phi) is 5.16. The third-order valence-electron chi connectivity index (χ3n) is 4.67. The smallest absolute Gasteiger partial charge is 0.321 e. The lowest BCUT2D eigenvalue weighted by Crippen LogP contribution is -2.67. The van der Waals surface area contributed by atoms with Crippen molar-refractivity contribution in [3.8, 4) is 11.8 Å². The molecule has 1 N–H and O–H groups in total. The molecule has 142 valence electrons. The van der Waals surface area contributed by atoms with E-state index in [1.54, 1.807) is 25.2 Å². The number of nitriles is 1. The number of carbonyl (C=O) groups is 3. The number of fused-ring (bicyclic) bond motifs is 1. The Labute approximate surface area is 157 Å². The van der Waals surface area contributed by atoms with Crippen molar-refractivity contribution in [1.29, 1.82) is 5.26 Å². The highest BCUT2D eigenvalue weighted by molar-refractivity contribution is 5.96. The second-order valence-electron chi connectivity index (χ2n) is 6.43. The minimum atomic E-state index is -0.647. The van der Waals surface area contributed by atoms with E-state index in [4.69, 9.17) is 4.74 Å². The number of nitrogens with one attached hydrogen (secondary N) is 1. The lowest BCUT2D eigenvalue weighted by molar-refractivity contribution is -0.157. The zero-order chi connectivity index (χ0) is 19.6. The Morgan fingerprint density at radius 2 is 2.15 bits per heavy atom. The molecular formula is C18H21N5O4. The monoisotopic (exact) mass is 371 g/mol. The van der Waals surface area contributed by atoms with Crippen LogP contribution in [0.15, 0.2) is 18.2 Å². The van der Waals surface area contributed by atoms with Crippen LogP contribution in [0.4, 0.5) is 10.5 Å². The molecule has 2 aliphatic heterocycles. The molecule has 9 nitrogen and oxygen atoms in total. The lowest BCUT2D eigenvalue weighted by Gasteiger charge is -2.45. The number of ether oxygens (including phenoxy) is 1. The van der Waals surface area contributed by atoms with Crippen LogP contribution in [0.1, 0.15) is 12.5 Å². The Morgan fingerprint density at radius 3 is 2.85 bits per heavy atom. The van der Waals surface area contributed by atoms with Crippen molar-refractivity contribution < 1.29 is 19.1 Å². The molecule has 0 aliphatic carbocycles. The van der Waals surface area contributed by atoms with Crippen molar-refractivity contribution in [3.05, 3.63) is 23.8 Å². The molecular weight excluding hydrogens is 350 g/mol. The zero-order valence-corrected chi connectivity index (χ0v) is 15.3.